The Kier molecular flexibility index (Phi) is 4.91. The number of aliphatic carboxylic acids is 1. The predicted molar refractivity (Wildman–Crippen MR) is 62.5 cm³/mol. The summed E-state index contributed by atoms with van der Waals surface area (Å²) in [7, 11) is 0. The molecule has 0 radical (unpaired) electrons. The first kappa shape index (κ1) is 15.0. The molecule has 5 nitrogen and oxygen atoms in total. The number of halogens is 2. The first-order chi connectivity index (χ1) is 8.81. The Balaban J connectivity index is 2.84. The number of aromatic nitrogens is 1. The summed E-state index contributed by atoms with van der Waals surface area (Å²) < 4.78 is 25.9. The van der Waals surface area contributed by atoms with E-state index in [0.717, 1.165) is 0 Å². The van der Waals surface area contributed by atoms with Crippen molar-refractivity contribution in [3.05, 3.63) is 29.6 Å². The van der Waals surface area contributed by atoms with Crippen molar-refractivity contribution in [2.45, 2.75) is 26.3 Å². The Bertz CT molecular complexity index is 492. The van der Waals surface area contributed by atoms with Gasteiger partial charge in [-0.05, 0) is 12.3 Å². The van der Waals surface area contributed by atoms with Crippen LogP contribution in [-0.4, -0.2) is 28.0 Å². The molecule has 0 spiro atoms. The Morgan fingerprint density at radius 1 is 1.42 bits per heavy atom. The van der Waals surface area contributed by atoms with Crippen molar-refractivity contribution in [3.8, 4) is 0 Å². The number of nitrogens with one attached hydrogen (secondary N) is 1. The van der Waals surface area contributed by atoms with Crippen LogP contribution in [0.4, 0.5) is 8.78 Å². The molecular weight excluding hydrogens is 258 g/mol. The zero-order chi connectivity index (χ0) is 14.6. The number of nitrogens with zero attached hydrogens (tertiary/aromatic N) is 1. The highest BCUT2D eigenvalue weighted by molar-refractivity contribution is 5.95. The molecule has 0 aliphatic carbocycles. The SMILES string of the molecule is CC(C)C[C@@H](NC(=O)c1ncc(F)cc1F)C(=O)O. The minimum Gasteiger partial charge on any atom is -0.480 e. The molecule has 1 amide bonds. The van der Waals surface area contributed by atoms with Crippen molar-refractivity contribution < 1.29 is 23.5 Å². The zero-order valence-corrected chi connectivity index (χ0v) is 10.5. The van der Waals surface area contributed by atoms with Crippen LogP contribution in [0.3, 0.4) is 0 Å². The van der Waals surface area contributed by atoms with Crippen LogP contribution in [0, 0.1) is 17.6 Å². The highest BCUT2D eigenvalue weighted by atomic mass is 19.1. The number of carboxylic acids is 1. The maximum atomic E-state index is 13.3. The smallest absolute Gasteiger partial charge is 0.326 e. The van der Waals surface area contributed by atoms with Gasteiger partial charge in [0, 0.05) is 6.07 Å². The lowest BCUT2D eigenvalue weighted by molar-refractivity contribution is -0.139. The van der Waals surface area contributed by atoms with Crippen LogP contribution in [0.5, 0.6) is 0 Å². The second kappa shape index (κ2) is 6.21. The first-order valence-corrected chi connectivity index (χ1v) is 5.66. The number of amides is 1. The van der Waals surface area contributed by atoms with Crippen LogP contribution in [0.15, 0.2) is 12.3 Å². The van der Waals surface area contributed by atoms with Crippen LogP contribution in [0.2, 0.25) is 0 Å². The second-order valence-corrected chi connectivity index (χ2v) is 4.48. The lowest BCUT2D eigenvalue weighted by atomic mass is 10.0. The molecule has 0 aromatic carbocycles. The van der Waals surface area contributed by atoms with E-state index in [4.69, 9.17) is 5.11 Å². The van der Waals surface area contributed by atoms with Crippen molar-refractivity contribution in [3.63, 3.8) is 0 Å². The normalized spacial score (nSPS) is 12.3. The van der Waals surface area contributed by atoms with Gasteiger partial charge in [-0.2, -0.15) is 0 Å². The Hall–Kier alpha value is -2.05. The summed E-state index contributed by atoms with van der Waals surface area (Å²) in [6.07, 6.45) is 0.889. The molecule has 7 heteroatoms. The fourth-order valence-electron chi connectivity index (χ4n) is 1.50. The molecular formula is C12H14F2N2O3. The summed E-state index contributed by atoms with van der Waals surface area (Å²) in [5.41, 5.74) is -0.628. The van der Waals surface area contributed by atoms with Crippen LogP contribution in [-0.2, 0) is 4.79 Å². The summed E-state index contributed by atoms with van der Waals surface area (Å²) in [5.74, 6) is -4.21. The molecule has 1 heterocycles. The summed E-state index contributed by atoms with van der Waals surface area (Å²) in [6.45, 7) is 3.58. The highest BCUT2D eigenvalue weighted by Gasteiger charge is 2.24. The number of carbonyl (C=O) groups is 2. The van der Waals surface area contributed by atoms with Gasteiger partial charge in [0.25, 0.3) is 5.91 Å². The van der Waals surface area contributed by atoms with E-state index in [9.17, 15) is 18.4 Å². The third-order valence-corrected chi connectivity index (χ3v) is 2.33. The molecule has 0 unspecified atom stereocenters. The molecule has 19 heavy (non-hydrogen) atoms. The summed E-state index contributed by atoms with van der Waals surface area (Å²) in [6, 6.07) is -0.626. The zero-order valence-electron chi connectivity index (χ0n) is 10.5. The Morgan fingerprint density at radius 2 is 2.05 bits per heavy atom. The monoisotopic (exact) mass is 272 g/mol. The summed E-state index contributed by atoms with van der Waals surface area (Å²) in [5, 5.41) is 11.1. The molecule has 0 fully saturated rings. The van der Waals surface area contributed by atoms with E-state index in [-0.39, 0.29) is 12.3 Å². The van der Waals surface area contributed by atoms with Gasteiger partial charge < -0.3 is 10.4 Å². The molecule has 0 aliphatic rings. The first-order valence-electron chi connectivity index (χ1n) is 5.66. The third-order valence-electron chi connectivity index (χ3n) is 2.33. The van der Waals surface area contributed by atoms with Crippen LogP contribution in [0.25, 0.3) is 0 Å². The molecule has 1 rings (SSSR count). The quantitative estimate of drug-likeness (QED) is 0.853. The van der Waals surface area contributed by atoms with Gasteiger partial charge in [0.05, 0.1) is 6.20 Å². The summed E-state index contributed by atoms with van der Waals surface area (Å²) >= 11 is 0. The van der Waals surface area contributed by atoms with E-state index in [1.165, 1.54) is 0 Å². The molecule has 1 aromatic heterocycles. The molecule has 1 aromatic rings. The van der Waals surface area contributed by atoms with E-state index >= 15 is 0 Å². The Morgan fingerprint density at radius 3 is 2.53 bits per heavy atom. The van der Waals surface area contributed by atoms with Gasteiger partial charge in [0.1, 0.15) is 11.9 Å². The fraction of sp³-hybridized carbons (Fsp3) is 0.417. The van der Waals surface area contributed by atoms with E-state index < -0.39 is 35.2 Å². The van der Waals surface area contributed by atoms with Crippen molar-refractivity contribution in [1.82, 2.24) is 10.3 Å². The van der Waals surface area contributed by atoms with E-state index in [1.807, 2.05) is 0 Å². The second-order valence-electron chi connectivity index (χ2n) is 4.48. The van der Waals surface area contributed by atoms with Gasteiger partial charge in [-0.1, -0.05) is 13.8 Å². The molecule has 104 valence electrons. The van der Waals surface area contributed by atoms with E-state index in [1.54, 1.807) is 13.8 Å². The number of hydrogen-bond donors (Lipinski definition) is 2. The molecule has 0 saturated carbocycles. The maximum absolute atomic E-state index is 13.3. The maximum Gasteiger partial charge on any atom is 0.326 e. The molecule has 0 bridgehead atoms. The lowest BCUT2D eigenvalue weighted by Crippen LogP contribution is -2.42. The van der Waals surface area contributed by atoms with Crippen LogP contribution in [0.1, 0.15) is 30.8 Å². The van der Waals surface area contributed by atoms with Gasteiger partial charge in [0.2, 0.25) is 0 Å². The molecule has 0 aliphatic heterocycles. The largest absolute Gasteiger partial charge is 0.480 e. The van der Waals surface area contributed by atoms with Crippen molar-refractivity contribution in [1.29, 1.82) is 0 Å². The highest BCUT2D eigenvalue weighted by Crippen LogP contribution is 2.09. The number of hydrogen-bond acceptors (Lipinski definition) is 3. The van der Waals surface area contributed by atoms with Gasteiger partial charge in [-0.15, -0.1) is 0 Å². The number of carboxylic acid groups (broad SMARTS) is 1. The topological polar surface area (TPSA) is 79.3 Å². The predicted octanol–water partition coefficient (Wildman–Crippen LogP) is 1.59. The third kappa shape index (κ3) is 4.27. The van der Waals surface area contributed by atoms with E-state index in [0.29, 0.717) is 12.3 Å². The number of carbonyl (C=O) groups excluding carboxylic acids is 1. The molecule has 1 atom stereocenters. The van der Waals surface area contributed by atoms with Crippen LogP contribution < -0.4 is 5.32 Å². The number of rotatable bonds is 5. The lowest BCUT2D eigenvalue weighted by Gasteiger charge is -2.16. The average Bonchev–Trinajstić information content (AvgIpc) is 2.26. The van der Waals surface area contributed by atoms with E-state index in [2.05, 4.69) is 10.3 Å². The van der Waals surface area contributed by atoms with Gasteiger partial charge in [0.15, 0.2) is 11.5 Å². The van der Waals surface area contributed by atoms with Crippen molar-refractivity contribution in [2.24, 2.45) is 5.92 Å². The standard InChI is InChI=1S/C12H14F2N2O3/c1-6(2)3-9(12(18)19)16-11(17)10-8(14)4-7(13)5-15-10/h4-6,9H,3H2,1-2H3,(H,16,17)(H,18,19)/t9-/m1/s1. The number of pyridine rings is 1. The minimum absolute atomic E-state index is 0.0347. The van der Waals surface area contributed by atoms with Gasteiger partial charge >= 0.3 is 5.97 Å². The Labute approximate surface area is 108 Å². The molecule has 2 N–H and O–H groups in total. The summed E-state index contributed by atoms with van der Waals surface area (Å²) in [4.78, 5) is 25.9. The minimum atomic E-state index is -1.22. The molecule has 0 saturated heterocycles. The van der Waals surface area contributed by atoms with Crippen molar-refractivity contribution >= 4 is 11.9 Å². The van der Waals surface area contributed by atoms with Gasteiger partial charge in [-0.3, -0.25) is 4.79 Å². The average molecular weight is 272 g/mol. The van der Waals surface area contributed by atoms with Gasteiger partial charge in [-0.25, -0.2) is 18.6 Å². The van der Waals surface area contributed by atoms with Crippen molar-refractivity contribution in [2.75, 3.05) is 0 Å². The van der Waals surface area contributed by atoms with Crippen LogP contribution >= 0.6 is 0 Å². The fourth-order valence-corrected chi connectivity index (χ4v) is 1.50.